The molecule has 5 nitrogen and oxygen atoms in total. The lowest BCUT2D eigenvalue weighted by molar-refractivity contribution is -0.138. The molecule has 0 saturated heterocycles. The van der Waals surface area contributed by atoms with Crippen molar-refractivity contribution < 1.29 is 31.1 Å². The Labute approximate surface area is 96.7 Å². The van der Waals surface area contributed by atoms with Gasteiger partial charge in [0.1, 0.15) is 6.61 Å². The van der Waals surface area contributed by atoms with Gasteiger partial charge in [-0.05, 0) is 6.42 Å². The zero-order valence-corrected chi connectivity index (χ0v) is 9.82. The van der Waals surface area contributed by atoms with Crippen molar-refractivity contribution in [2.45, 2.75) is 18.9 Å². The Balaban J connectivity index is 4.04. The van der Waals surface area contributed by atoms with E-state index in [0.717, 1.165) is 0 Å². The van der Waals surface area contributed by atoms with Gasteiger partial charge in [0.2, 0.25) is 0 Å². The first-order valence-corrected chi connectivity index (χ1v) is 6.01. The van der Waals surface area contributed by atoms with Crippen LogP contribution in [0.2, 0.25) is 0 Å². The molecule has 0 amide bonds. The number of sulfonamides is 1. The summed E-state index contributed by atoms with van der Waals surface area (Å²) in [6.45, 7) is 3.85. The Kier molecular flexibility index (Phi) is 5.62. The molecule has 0 radical (unpaired) electrons. The first-order valence-electron chi connectivity index (χ1n) is 4.52. The van der Waals surface area contributed by atoms with Gasteiger partial charge in [-0.2, -0.15) is 13.2 Å². The number of hydrogen-bond donors (Lipinski definition) is 1. The average molecular weight is 275 g/mol. The van der Waals surface area contributed by atoms with E-state index in [-0.39, 0.29) is 5.57 Å². The summed E-state index contributed by atoms with van der Waals surface area (Å²) in [6, 6.07) is 0. The highest BCUT2D eigenvalue weighted by Crippen LogP contribution is 2.21. The second-order valence-electron chi connectivity index (χ2n) is 2.94. The Bertz CT molecular complexity index is 388. The molecule has 0 aliphatic rings. The molecular formula is C8H12F3NO4S. The van der Waals surface area contributed by atoms with Gasteiger partial charge in [-0.15, -0.1) is 0 Å². The van der Waals surface area contributed by atoms with Gasteiger partial charge >= 0.3 is 21.5 Å². The second kappa shape index (κ2) is 6.01. The second-order valence-corrected chi connectivity index (χ2v) is 4.69. The molecule has 0 fully saturated rings. The zero-order chi connectivity index (χ0) is 13.7. The lowest BCUT2D eigenvalue weighted by Crippen LogP contribution is -2.38. The van der Waals surface area contributed by atoms with E-state index in [1.165, 1.54) is 4.72 Å². The van der Waals surface area contributed by atoms with E-state index in [2.05, 4.69) is 11.3 Å². The fourth-order valence-electron chi connectivity index (χ4n) is 0.648. The maximum absolute atomic E-state index is 11.8. The van der Waals surface area contributed by atoms with Crippen molar-refractivity contribution in [1.82, 2.24) is 4.72 Å². The monoisotopic (exact) mass is 275 g/mol. The fraction of sp³-hybridized carbons (Fsp3) is 0.625. The number of nitrogens with one attached hydrogen (secondary N) is 1. The highest BCUT2D eigenvalue weighted by Gasteiger charge is 2.45. The minimum Gasteiger partial charge on any atom is -0.461 e. The van der Waals surface area contributed by atoms with Crippen LogP contribution in [0.5, 0.6) is 0 Å². The van der Waals surface area contributed by atoms with Gasteiger partial charge in [-0.3, -0.25) is 0 Å². The lowest BCUT2D eigenvalue weighted by atomic mass is 10.2. The van der Waals surface area contributed by atoms with Crippen molar-refractivity contribution in [2.24, 2.45) is 0 Å². The van der Waals surface area contributed by atoms with Crippen LogP contribution in [-0.2, 0) is 19.6 Å². The van der Waals surface area contributed by atoms with Crippen LogP contribution < -0.4 is 4.72 Å². The summed E-state index contributed by atoms with van der Waals surface area (Å²) < 4.78 is 62.2. The molecule has 0 saturated carbocycles. The molecule has 0 aromatic rings. The van der Waals surface area contributed by atoms with Gasteiger partial charge in [0.05, 0.1) is 0 Å². The number of carbonyl (C=O) groups is 1. The summed E-state index contributed by atoms with van der Waals surface area (Å²) in [6.07, 6.45) is 0.340. The topological polar surface area (TPSA) is 72.5 Å². The molecule has 0 aromatic heterocycles. The fourth-order valence-corrected chi connectivity index (χ4v) is 1.16. The van der Waals surface area contributed by atoms with Gasteiger partial charge in [-0.25, -0.2) is 17.9 Å². The molecular weight excluding hydrogens is 263 g/mol. The number of halogens is 3. The van der Waals surface area contributed by atoms with Gasteiger partial charge in [-0.1, -0.05) is 13.5 Å². The number of ether oxygens (including phenoxy) is 1. The molecule has 1 N–H and O–H groups in total. The molecule has 0 bridgehead atoms. The number of hydrogen-bond acceptors (Lipinski definition) is 4. The highest BCUT2D eigenvalue weighted by atomic mass is 32.2. The van der Waals surface area contributed by atoms with E-state index >= 15 is 0 Å². The van der Waals surface area contributed by atoms with Gasteiger partial charge in [0.15, 0.2) is 0 Å². The number of carbonyl (C=O) groups excluding carboxylic acids is 1. The van der Waals surface area contributed by atoms with Gasteiger partial charge in [0, 0.05) is 12.1 Å². The maximum Gasteiger partial charge on any atom is 0.511 e. The summed E-state index contributed by atoms with van der Waals surface area (Å²) in [4.78, 5) is 11.0. The van der Waals surface area contributed by atoms with Gasteiger partial charge < -0.3 is 4.74 Å². The van der Waals surface area contributed by atoms with E-state index in [9.17, 15) is 26.4 Å². The van der Waals surface area contributed by atoms with Crippen molar-refractivity contribution in [2.75, 3.05) is 13.2 Å². The van der Waals surface area contributed by atoms with Gasteiger partial charge in [0.25, 0.3) is 0 Å². The largest absolute Gasteiger partial charge is 0.511 e. The van der Waals surface area contributed by atoms with Crippen LogP contribution in [-0.4, -0.2) is 33.0 Å². The SMILES string of the molecule is C=C(CC)C(=O)OCCNS(=O)(=O)C(F)(F)F. The number of rotatable bonds is 6. The standard InChI is InChI=1S/C8H12F3NO4S/c1-3-6(2)7(13)16-5-4-12-17(14,15)8(9,10)11/h12H,2-5H2,1H3. The van der Waals surface area contributed by atoms with Crippen LogP contribution in [0, 0.1) is 0 Å². The Morgan fingerprint density at radius 3 is 2.35 bits per heavy atom. The van der Waals surface area contributed by atoms with Crippen LogP contribution in [0.1, 0.15) is 13.3 Å². The quantitative estimate of drug-likeness (QED) is 0.445. The van der Waals surface area contributed by atoms with Crippen molar-refractivity contribution in [3.8, 4) is 0 Å². The third kappa shape index (κ3) is 5.18. The number of esters is 1. The first kappa shape index (κ1) is 15.9. The predicted molar refractivity (Wildman–Crippen MR) is 53.4 cm³/mol. The van der Waals surface area contributed by atoms with Crippen molar-refractivity contribution in [1.29, 1.82) is 0 Å². The molecule has 0 unspecified atom stereocenters. The zero-order valence-electron chi connectivity index (χ0n) is 9.00. The van der Waals surface area contributed by atoms with E-state index in [1.54, 1.807) is 6.92 Å². The molecule has 100 valence electrons. The molecule has 0 aliphatic heterocycles. The summed E-state index contributed by atoms with van der Waals surface area (Å²) in [5, 5.41) is 0. The van der Waals surface area contributed by atoms with Crippen LogP contribution in [0.25, 0.3) is 0 Å². The minimum absolute atomic E-state index is 0.156. The molecule has 0 spiro atoms. The lowest BCUT2D eigenvalue weighted by Gasteiger charge is -2.09. The van der Waals surface area contributed by atoms with Crippen LogP contribution in [0.15, 0.2) is 12.2 Å². The summed E-state index contributed by atoms with van der Waals surface area (Å²) in [5.74, 6) is -0.765. The Hall–Kier alpha value is -1.09. The van der Waals surface area contributed by atoms with Crippen molar-refractivity contribution in [3.63, 3.8) is 0 Å². The van der Waals surface area contributed by atoms with E-state index in [0.29, 0.717) is 6.42 Å². The molecule has 9 heteroatoms. The molecule has 17 heavy (non-hydrogen) atoms. The third-order valence-corrected chi connectivity index (χ3v) is 2.84. The maximum atomic E-state index is 11.8. The van der Waals surface area contributed by atoms with Crippen molar-refractivity contribution in [3.05, 3.63) is 12.2 Å². The predicted octanol–water partition coefficient (Wildman–Crippen LogP) is 0.935. The van der Waals surface area contributed by atoms with E-state index in [4.69, 9.17) is 0 Å². The smallest absolute Gasteiger partial charge is 0.461 e. The normalized spacial score (nSPS) is 12.2. The summed E-state index contributed by atoms with van der Waals surface area (Å²) in [5.41, 5.74) is -5.21. The Morgan fingerprint density at radius 2 is 1.94 bits per heavy atom. The first-order chi connectivity index (χ1) is 7.62. The summed E-state index contributed by atoms with van der Waals surface area (Å²) in [7, 11) is -5.39. The van der Waals surface area contributed by atoms with Crippen LogP contribution >= 0.6 is 0 Å². The highest BCUT2D eigenvalue weighted by molar-refractivity contribution is 7.90. The molecule has 0 aliphatic carbocycles. The van der Waals surface area contributed by atoms with E-state index in [1.807, 2.05) is 0 Å². The molecule has 0 rings (SSSR count). The Morgan fingerprint density at radius 1 is 1.41 bits per heavy atom. The van der Waals surface area contributed by atoms with Crippen LogP contribution in [0.4, 0.5) is 13.2 Å². The molecule has 0 heterocycles. The van der Waals surface area contributed by atoms with E-state index < -0.39 is 34.7 Å². The molecule has 0 aromatic carbocycles. The summed E-state index contributed by atoms with van der Waals surface area (Å²) >= 11 is 0. The average Bonchev–Trinajstić information content (AvgIpc) is 2.21. The third-order valence-electron chi connectivity index (χ3n) is 1.65. The van der Waals surface area contributed by atoms with Crippen molar-refractivity contribution >= 4 is 16.0 Å². The number of alkyl halides is 3. The minimum atomic E-state index is -5.39. The molecule has 0 atom stereocenters. The van der Waals surface area contributed by atoms with Crippen LogP contribution in [0.3, 0.4) is 0 Å².